The highest BCUT2D eigenvalue weighted by molar-refractivity contribution is 7.09. The lowest BCUT2D eigenvalue weighted by atomic mass is 9.98. The molecule has 0 saturated carbocycles. The number of likely N-dealkylation sites (tertiary alicyclic amines) is 1. The fourth-order valence-corrected chi connectivity index (χ4v) is 3.85. The summed E-state index contributed by atoms with van der Waals surface area (Å²) in [4.78, 5) is 12.8. The van der Waals surface area contributed by atoms with Gasteiger partial charge >= 0.3 is 0 Å². The molecule has 2 aromatic rings. The van der Waals surface area contributed by atoms with Crippen molar-refractivity contribution in [3.8, 4) is 5.75 Å². The van der Waals surface area contributed by atoms with Crippen LogP contribution < -0.4 is 10.1 Å². The highest BCUT2D eigenvalue weighted by atomic mass is 32.1. The second-order valence-electron chi connectivity index (χ2n) is 6.24. The van der Waals surface area contributed by atoms with E-state index in [0.29, 0.717) is 12.5 Å². The van der Waals surface area contributed by atoms with Crippen LogP contribution in [0.25, 0.3) is 0 Å². The molecule has 1 saturated heterocycles. The number of aryl methyl sites for hydroxylation is 1. The number of methoxy groups -OCH3 is 1. The molecular weight excluding hydrogens is 332 g/mol. The predicted octanol–water partition coefficient (Wildman–Crippen LogP) is 3.42. The largest absolute Gasteiger partial charge is 0.497 e. The minimum absolute atomic E-state index is 0.542. The Hall–Kier alpha value is -2.08. The number of hydrogen-bond donors (Lipinski definition) is 1. The summed E-state index contributed by atoms with van der Waals surface area (Å²) in [6.45, 7) is 7.77. The molecule has 0 radical (unpaired) electrons. The number of ether oxygens (including phenoxy) is 1. The van der Waals surface area contributed by atoms with Gasteiger partial charge in [-0.15, -0.1) is 11.3 Å². The number of aliphatic imine (C=N–C) groups is 1. The average Bonchev–Trinajstić information content (AvgIpc) is 3.28. The molecule has 3 rings (SSSR count). The van der Waals surface area contributed by atoms with Crippen LogP contribution in [0.4, 0.5) is 0 Å². The number of nitrogens with one attached hydrogen (secondary N) is 1. The van der Waals surface area contributed by atoms with Gasteiger partial charge in [-0.05, 0) is 38.0 Å². The number of guanidine groups is 1. The molecule has 5 nitrogen and oxygen atoms in total. The first-order valence-electron chi connectivity index (χ1n) is 8.77. The average molecular weight is 359 g/mol. The van der Waals surface area contributed by atoms with E-state index < -0.39 is 0 Å². The monoisotopic (exact) mass is 358 g/mol. The number of benzene rings is 1. The van der Waals surface area contributed by atoms with E-state index in [0.717, 1.165) is 43.5 Å². The Morgan fingerprint density at radius 3 is 2.84 bits per heavy atom. The van der Waals surface area contributed by atoms with Gasteiger partial charge in [-0.3, -0.25) is 0 Å². The van der Waals surface area contributed by atoms with E-state index in [2.05, 4.69) is 34.3 Å². The molecule has 0 amide bonds. The summed E-state index contributed by atoms with van der Waals surface area (Å²) in [5.41, 5.74) is 4.35. The zero-order valence-electron chi connectivity index (χ0n) is 15.2. The van der Waals surface area contributed by atoms with Gasteiger partial charge in [-0.1, -0.05) is 12.1 Å². The van der Waals surface area contributed by atoms with Crippen molar-refractivity contribution in [1.29, 1.82) is 0 Å². The van der Waals surface area contributed by atoms with Gasteiger partial charge in [-0.25, -0.2) is 9.98 Å². The van der Waals surface area contributed by atoms with Crippen molar-refractivity contribution in [1.82, 2.24) is 15.2 Å². The maximum absolute atomic E-state index is 5.26. The molecule has 6 heteroatoms. The van der Waals surface area contributed by atoms with Crippen molar-refractivity contribution in [2.24, 2.45) is 4.99 Å². The summed E-state index contributed by atoms with van der Waals surface area (Å²) < 4.78 is 5.26. The Labute approximate surface area is 153 Å². The van der Waals surface area contributed by atoms with Gasteiger partial charge in [0.25, 0.3) is 0 Å². The smallest absolute Gasteiger partial charge is 0.194 e. The van der Waals surface area contributed by atoms with Crippen LogP contribution in [0.2, 0.25) is 0 Å². The van der Waals surface area contributed by atoms with Crippen LogP contribution in [0.3, 0.4) is 0 Å². The molecule has 0 spiro atoms. The van der Waals surface area contributed by atoms with Crippen molar-refractivity contribution in [3.63, 3.8) is 0 Å². The minimum Gasteiger partial charge on any atom is -0.497 e. The first-order chi connectivity index (χ1) is 12.2. The number of aromatic nitrogens is 1. The van der Waals surface area contributed by atoms with Gasteiger partial charge in [0.1, 0.15) is 5.75 Å². The molecule has 1 aromatic heterocycles. The highest BCUT2D eigenvalue weighted by Crippen LogP contribution is 2.28. The first kappa shape index (κ1) is 17.7. The fraction of sp³-hybridized carbons (Fsp3) is 0.474. The molecule has 0 aliphatic carbocycles. The summed E-state index contributed by atoms with van der Waals surface area (Å²) in [5, 5.41) is 3.44. The zero-order valence-corrected chi connectivity index (χ0v) is 16.0. The molecule has 1 aromatic carbocycles. The third kappa shape index (κ3) is 4.31. The van der Waals surface area contributed by atoms with Gasteiger partial charge in [0.15, 0.2) is 5.96 Å². The van der Waals surface area contributed by atoms with E-state index in [1.807, 2.05) is 24.6 Å². The molecule has 134 valence electrons. The van der Waals surface area contributed by atoms with Gasteiger partial charge in [0.2, 0.25) is 0 Å². The van der Waals surface area contributed by atoms with E-state index in [1.54, 1.807) is 18.4 Å². The third-order valence-electron chi connectivity index (χ3n) is 4.63. The first-order valence-corrected chi connectivity index (χ1v) is 9.65. The molecule has 25 heavy (non-hydrogen) atoms. The molecular formula is C19H26N4OS. The van der Waals surface area contributed by atoms with E-state index in [4.69, 9.17) is 9.73 Å². The second-order valence-corrected chi connectivity index (χ2v) is 7.18. The predicted molar refractivity (Wildman–Crippen MR) is 104 cm³/mol. The molecule has 1 atom stereocenters. The van der Waals surface area contributed by atoms with Gasteiger partial charge in [0.05, 0.1) is 24.9 Å². The Kier molecular flexibility index (Phi) is 5.91. The van der Waals surface area contributed by atoms with E-state index in [9.17, 15) is 0 Å². The van der Waals surface area contributed by atoms with E-state index >= 15 is 0 Å². The zero-order chi connectivity index (χ0) is 17.6. The SMILES string of the molecule is CCNC(=NCc1scnc1C)N1CCC(c2ccc(OC)cc2)C1. The van der Waals surface area contributed by atoms with Crippen LogP contribution in [-0.2, 0) is 6.54 Å². The standard InChI is InChI=1S/C19H26N4OS/c1-4-20-19(21-11-18-14(2)22-13-25-18)23-10-9-16(12-23)15-5-7-17(24-3)8-6-15/h5-8,13,16H,4,9-12H2,1-3H3,(H,20,21). The van der Waals surface area contributed by atoms with Crippen molar-refractivity contribution >= 4 is 17.3 Å². The van der Waals surface area contributed by atoms with E-state index in [1.165, 1.54) is 10.4 Å². The summed E-state index contributed by atoms with van der Waals surface area (Å²) in [7, 11) is 1.70. The van der Waals surface area contributed by atoms with Gasteiger partial charge < -0.3 is 15.0 Å². The molecule has 1 aliphatic heterocycles. The van der Waals surface area contributed by atoms with Crippen LogP contribution in [0, 0.1) is 6.92 Å². The second kappa shape index (κ2) is 8.34. The molecule has 1 fully saturated rings. The number of rotatable bonds is 5. The minimum atomic E-state index is 0.542. The lowest BCUT2D eigenvalue weighted by Gasteiger charge is -2.21. The molecule has 1 unspecified atom stereocenters. The van der Waals surface area contributed by atoms with Gasteiger partial charge in [-0.2, -0.15) is 0 Å². The number of hydrogen-bond acceptors (Lipinski definition) is 4. The van der Waals surface area contributed by atoms with Crippen LogP contribution in [0.5, 0.6) is 5.75 Å². The van der Waals surface area contributed by atoms with Crippen LogP contribution in [0.1, 0.15) is 35.4 Å². The number of thiazole rings is 1. The van der Waals surface area contributed by atoms with Crippen molar-refractivity contribution in [3.05, 3.63) is 45.9 Å². The highest BCUT2D eigenvalue weighted by Gasteiger charge is 2.26. The summed E-state index contributed by atoms with van der Waals surface area (Å²) >= 11 is 1.68. The lowest BCUT2D eigenvalue weighted by Crippen LogP contribution is -2.40. The Morgan fingerprint density at radius 2 is 2.20 bits per heavy atom. The topological polar surface area (TPSA) is 49.8 Å². The molecule has 1 N–H and O–H groups in total. The Balaban J connectivity index is 1.67. The maximum atomic E-state index is 5.26. The fourth-order valence-electron chi connectivity index (χ4n) is 3.15. The Bertz CT molecular complexity index is 710. The van der Waals surface area contributed by atoms with Gasteiger partial charge in [0, 0.05) is 30.4 Å². The number of nitrogens with zero attached hydrogens (tertiary/aromatic N) is 3. The van der Waals surface area contributed by atoms with E-state index in [-0.39, 0.29) is 0 Å². The maximum Gasteiger partial charge on any atom is 0.194 e. The van der Waals surface area contributed by atoms with Crippen LogP contribution in [0.15, 0.2) is 34.8 Å². The summed E-state index contributed by atoms with van der Waals surface area (Å²) in [6.07, 6.45) is 1.15. The lowest BCUT2D eigenvalue weighted by molar-refractivity contribution is 0.414. The van der Waals surface area contributed by atoms with Crippen molar-refractivity contribution in [2.75, 3.05) is 26.7 Å². The normalized spacial score (nSPS) is 17.8. The Morgan fingerprint density at radius 1 is 1.40 bits per heavy atom. The third-order valence-corrected chi connectivity index (χ3v) is 5.55. The van der Waals surface area contributed by atoms with Crippen LogP contribution in [-0.4, -0.2) is 42.6 Å². The van der Waals surface area contributed by atoms with Crippen LogP contribution >= 0.6 is 11.3 Å². The quantitative estimate of drug-likeness (QED) is 0.657. The summed E-state index contributed by atoms with van der Waals surface area (Å²) in [5.74, 6) is 2.46. The molecule has 0 bridgehead atoms. The molecule has 2 heterocycles. The molecule has 1 aliphatic rings. The van der Waals surface area contributed by atoms with Crippen molar-refractivity contribution in [2.45, 2.75) is 32.7 Å². The van der Waals surface area contributed by atoms with Crippen molar-refractivity contribution < 1.29 is 4.74 Å². The summed E-state index contributed by atoms with van der Waals surface area (Å²) in [6, 6.07) is 8.45.